The van der Waals surface area contributed by atoms with E-state index in [1.807, 2.05) is 26.0 Å². The summed E-state index contributed by atoms with van der Waals surface area (Å²) in [6, 6.07) is 3.70. The monoisotopic (exact) mass is 397 g/mol. The normalized spacial score (nSPS) is 10.6. The van der Waals surface area contributed by atoms with Crippen LogP contribution >= 0.6 is 23.1 Å². The highest BCUT2D eigenvalue weighted by molar-refractivity contribution is 8.01. The molecule has 8 nitrogen and oxygen atoms in total. The molecule has 2 aromatic rings. The second-order valence-corrected chi connectivity index (χ2v) is 7.61. The molecule has 26 heavy (non-hydrogen) atoms. The van der Waals surface area contributed by atoms with Gasteiger partial charge in [0.25, 0.3) is 0 Å². The fourth-order valence-electron chi connectivity index (χ4n) is 2.12. The fraction of sp³-hybridized carbons (Fsp3) is 0.500. The van der Waals surface area contributed by atoms with Crippen LogP contribution in [0, 0.1) is 0 Å². The number of nitrogens with one attached hydrogen (secondary N) is 1. The second-order valence-electron chi connectivity index (χ2n) is 5.41. The van der Waals surface area contributed by atoms with Crippen molar-refractivity contribution in [3.63, 3.8) is 0 Å². The molecule has 1 N–H and O–H groups in total. The molecule has 0 aliphatic rings. The highest BCUT2D eigenvalue weighted by Gasteiger charge is 2.17. The number of hydrogen-bond donors (Lipinski definition) is 1. The average molecular weight is 398 g/mol. The van der Waals surface area contributed by atoms with Crippen LogP contribution in [0.4, 0.5) is 5.13 Å². The van der Waals surface area contributed by atoms with Crippen LogP contribution in [0.5, 0.6) is 0 Å². The molecule has 2 aromatic heterocycles. The third-order valence-corrected chi connectivity index (χ3v) is 5.63. The van der Waals surface area contributed by atoms with E-state index < -0.39 is 0 Å². The predicted molar refractivity (Wildman–Crippen MR) is 102 cm³/mol. The van der Waals surface area contributed by atoms with Crippen molar-refractivity contribution in [1.82, 2.24) is 20.0 Å². The van der Waals surface area contributed by atoms with Gasteiger partial charge in [0, 0.05) is 20.1 Å². The van der Waals surface area contributed by atoms with Crippen LogP contribution in [0.1, 0.15) is 19.6 Å². The van der Waals surface area contributed by atoms with Crippen molar-refractivity contribution >= 4 is 40.0 Å². The molecule has 0 saturated carbocycles. The number of aromatic nitrogens is 2. The minimum absolute atomic E-state index is 0.0452. The van der Waals surface area contributed by atoms with Gasteiger partial charge in [0.15, 0.2) is 4.34 Å². The first kappa shape index (κ1) is 20.2. The summed E-state index contributed by atoms with van der Waals surface area (Å²) in [6.07, 6.45) is 1.62. The summed E-state index contributed by atoms with van der Waals surface area (Å²) in [7, 11) is 1.64. The van der Waals surface area contributed by atoms with E-state index in [0.29, 0.717) is 29.1 Å². The summed E-state index contributed by atoms with van der Waals surface area (Å²) >= 11 is 2.69. The standard InChI is InChI=1S/C16H23N5O3S2/c1-4-21(5-2)13(22)10-20(3)14(23)11-25-16-19-18-15(26-16)17-9-12-7-6-8-24-12/h6-8H,4-5,9-11H2,1-3H3,(H,17,18). The van der Waals surface area contributed by atoms with E-state index in [-0.39, 0.29) is 24.1 Å². The quantitative estimate of drug-likeness (QED) is 0.614. The Kier molecular flexibility index (Phi) is 7.92. The zero-order chi connectivity index (χ0) is 18.9. The molecule has 2 rings (SSSR count). The molecule has 0 aliphatic heterocycles. The first-order valence-electron chi connectivity index (χ1n) is 8.27. The minimum Gasteiger partial charge on any atom is -0.467 e. The van der Waals surface area contributed by atoms with Crippen LogP contribution in [0.2, 0.25) is 0 Å². The molecule has 142 valence electrons. The number of anilines is 1. The maximum Gasteiger partial charge on any atom is 0.242 e. The molecule has 2 amide bonds. The molecule has 0 radical (unpaired) electrons. The van der Waals surface area contributed by atoms with Crippen molar-refractivity contribution < 1.29 is 14.0 Å². The van der Waals surface area contributed by atoms with Gasteiger partial charge in [-0.15, -0.1) is 10.2 Å². The summed E-state index contributed by atoms with van der Waals surface area (Å²) in [6.45, 7) is 5.75. The van der Waals surface area contributed by atoms with Gasteiger partial charge in [-0.25, -0.2) is 0 Å². The van der Waals surface area contributed by atoms with Gasteiger partial charge in [-0.3, -0.25) is 9.59 Å². The summed E-state index contributed by atoms with van der Waals surface area (Å²) in [5, 5.41) is 11.9. The largest absolute Gasteiger partial charge is 0.467 e. The van der Waals surface area contributed by atoms with Crippen molar-refractivity contribution in [3.8, 4) is 0 Å². The van der Waals surface area contributed by atoms with Gasteiger partial charge in [0.2, 0.25) is 16.9 Å². The van der Waals surface area contributed by atoms with Gasteiger partial charge in [-0.05, 0) is 26.0 Å². The van der Waals surface area contributed by atoms with E-state index in [2.05, 4.69) is 15.5 Å². The summed E-state index contributed by atoms with van der Waals surface area (Å²) < 4.78 is 5.94. The number of thioether (sulfide) groups is 1. The van der Waals surface area contributed by atoms with E-state index in [0.717, 1.165) is 5.76 Å². The maximum atomic E-state index is 12.2. The molecule has 2 heterocycles. The summed E-state index contributed by atoms with van der Waals surface area (Å²) in [4.78, 5) is 27.4. The average Bonchev–Trinajstić information content (AvgIpc) is 3.30. The fourth-order valence-corrected chi connectivity index (χ4v) is 3.80. The van der Waals surface area contributed by atoms with E-state index >= 15 is 0 Å². The highest BCUT2D eigenvalue weighted by atomic mass is 32.2. The van der Waals surface area contributed by atoms with Crippen LogP contribution in [0.15, 0.2) is 27.2 Å². The molecule has 0 unspecified atom stereocenters. The molecule has 10 heteroatoms. The lowest BCUT2D eigenvalue weighted by molar-refractivity contribution is -0.137. The van der Waals surface area contributed by atoms with Crippen LogP contribution in [0.3, 0.4) is 0 Å². The Hall–Kier alpha value is -2.07. The molecule has 0 aliphatic carbocycles. The van der Waals surface area contributed by atoms with Crippen LogP contribution < -0.4 is 5.32 Å². The van der Waals surface area contributed by atoms with E-state index in [9.17, 15) is 9.59 Å². The number of nitrogens with zero attached hydrogens (tertiary/aromatic N) is 4. The molecular formula is C16H23N5O3S2. The van der Waals surface area contributed by atoms with Crippen molar-refractivity contribution in [2.45, 2.75) is 24.7 Å². The molecule has 0 spiro atoms. The van der Waals surface area contributed by atoms with Gasteiger partial charge < -0.3 is 19.5 Å². The van der Waals surface area contributed by atoms with Crippen molar-refractivity contribution in [2.24, 2.45) is 0 Å². The summed E-state index contributed by atoms with van der Waals surface area (Å²) in [5.41, 5.74) is 0. The number of amides is 2. The Morgan fingerprint density at radius 1 is 1.27 bits per heavy atom. The number of furan rings is 1. The lowest BCUT2D eigenvalue weighted by Crippen LogP contribution is -2.41. The van der Waals surface area contributed by atoms with Crippen LogP contribution in [-0.2, 0) is 16.1 Å². The molecule has 0 atom stereocenters. The SMILES string of the molecule is CCN(CC)C(=O)CN(C)C(=O)CSc1nnc(NCc2ccco2)s1. The van der Waals surface area contributed by atoms with E-state index in [1.165, 1.54) is 28.0 Å². The van der Waals surface area contributed by atoms with Gasteiger partial charge in [0.1, 0.15) is 5.76 Å². The first-order chi connectivity index (χ1) is 12.5. The Morgan fingerprint density at radius 3 is 2.69 bits per heavy atom. The molecule has 0 bridgehead atoms. The third kappa shape index (κ3) is 6.03. The van der Waals surface area contributed by atoms with Crippen LogP contribution in [0.25, 0.3) is 0 Å². The topological polar surface area (TPSA) is 91.6 Å². The minimum atomic E-state index is -0.115. The molecular weight excluding hydrogens is 374 g/mol. The highest BCUT2D eigenvalue weighted by Crippen LogP contribution is 2.26. The Morgan fingerprint density at radius 2 is 2.04 bits per heavy atom. The van der Waals surface area contributed by atoms with Crippen molar-refractivity contribution in [1.29, 1.82) is 0 Å². The van der Waals surface area contributed by atoms with Gasteiger partial charge >= 0.3 is 0 Å². The number of rotatable bonds is 10. The molecule has 0 fully saturated rings. The Labute approximate surface area is 160 Å². The van der Waals surface area contributed by atoms with Gasteiger partial charge in [-0.2, -0.15) is 0 Å². The Bertz CT molecular complexity index is 701. The van der Waals surface area contributed by atoms with Crippen molar-refractivity contribution in [2.75, 3.05) is 37.8 Å². The second kappa shape index (κ2) is 10.2. The van der Waals surface area contributed by atoms with Gasteiger partial charge in [0.05, 0.1) is 25.1 Å². The van der Waals surface area contributed by atoms with Gasteiger partial charge in [-0.1, -0.05) is 23.1 Å². The van der Waals surface area contributed by atoms with Crippen molar-refractivity contribution in [3.05, 3.63) is 24.2 Å². The maximum absolute atomic E-state index is 12.2. The van der Waals surface area contributed by atoms with E-state index in [4.69, 9.17) is 4.42 Å². The lowest BCUT2D eigenvalue weighted by Gasteiger charge is -2.23. The predicted octanol–water partition coefficient (Wildman–Crippen LogP) is 2.16. The Balaban J connectivity index is 1.75. The molecule has 0 aromatic carbocycles. The lowest BCUT2D eigenvalue weighted by atomic mass is 10.4. The number of carbonyl (C=O) groups excluding carboxylic acids is 2. The zero-order valence-corrected chi connectivity index (χ0v) is 16.7. The number of hydrogen-bond acceptors (Lipinski definition) is 8. The summed E-state index contributed by atoms with van der Waals surface area (Å²) in [5.74, 6) is 0.866. The third-order valence-electron chi connectivity index (χ3n) is 3.63. The zero-order valence-electron chi connectivity index (χ0n) is 15.1. The van der Waals surface area contributed by atoms with Crippen LogP contribution in [-0.4, -0.2) is 64.2 Å². The smallest absolute Gasteiger partial charge is 0.242 e. The number of likely N-dealkylation sites (N-methyl/N-ethyl adjacent to an activating group) is 2. The number of carbonyl (C=O) groups is 2. The molecule has 0 saturated heterocycles. The first-order valence-corrected chi connectivity index (χ1v) is 10.1. The van der Waals surface area contributed by atoms with E-state index in [1.54, 1.807) is 18.2 Å².